The third-order valence-corrected chi connectivity index (χ3v) is 4.47. The predicted octanol–water partition coefficient (Wildman–Crippen LogP) is -0.686. The Morgan fingerprint density at radius 3 is 1.72 bits per heavy atom. The van der Waals surface area contributed by atoms with Gasteiger partial charge < -0.3 is 32.5 Å². The molecule has 10 heteroatoms. The quantitative estimate of drug-likeness (QED) is 0.216. The molecule has 0 aliphatic rings. The molecule has 0 bridgehead atoms. The standard InChI is InChI=1S/C19H37N5O5/c1-10(2)14(18(27)24-15(11(3)4)19(28)29)23-17(26)13(8-6-7-9-20)22-16(25)12(5)21/h10-15H,6-9,20-21H2,1-5H3,(H,22,25)(H,23,26)(H,24,27)(H,28,29). The Hall–Kier alpha value is -2.20. The van der Waals surface area contributed by atoms with Crippen LogP contribution in [0.25, 0.3) is 0 Å². The summed E-state index contributed by atoms with van der Waals surface area (Å²) in [6, 6.07) is -3.67. The minimum absolute atomic E-state index is 0.297. The van der Waals surface area contributed by atoms with Crippen LogP contribution in [0.4, 0.5) is 0 Å². The molecule has 4 unspecified atom stereocenters. The highest BCUT2D eigenvalue weighted by Gasteiger charge is 2.32. The number of rotatable bonds is 13. The van der Waals surface area contributed by atoms with Gasteiger partial charge in [0.1, 0.15) is 18.1 Å². The van der Waals surface area contributed by atoms with E-state index in [-0.39, 0.29) is 11.8 Å². The Kier molecular flexibility index (Phi) is 12.1. The highest BCUT2D eigenvalue weighted by atomic mass is 16.4. The van der Waals surface area contributed by atoms with Crippen molar-refractivity contribution < 1.29 is 24.3 Å². The Labute approximate surface area is 172 Å². The molecular formula is C19H37N5O5. The Morgan fingerprint density at radius 2 is 1.31 bits per heavy atom. The van der Waals surface area contributed by atoms with Crippen molar-refractivity contribution in [1.82, 2.24) is 16.0 Å². The van der Waals surface area contributed by atoms with Crippen molar-refractivity contribution in [3.8, 4) is 0 Å². The lowest BCUT2D eigenvalue weighted by molar-refractivity contribution is -0.143. The molecule has 0 aliphatic carbocycles. The molecule has 10 nitrogen and oxygen atoms in total. The highest BCUT2D eigenvalue weighted by Crippen LogP contribution is 2.08. The van der Waals surface area contributed by atoms with E-state index < -0.39 is 47.9 Å². The van der Waals surface area contributed by atoms with Crippen molar-refractivity contribution in [3.05, 3.63) is 0 Å². The fourth-order valence-electron chi connectivity index (χ4n) is 2.61. The number of carboxylic acid groups (broad SMARTS) is 1. The number of hydrogen-bond acceptors (Lipinski definition) is 6. The van der Waals surface area contributed by atoms with Crippen LogP contribution in [0.3, 0.4) is 0 Å². The molecule has 3 amide bonds. The summed E-state index contributed by atoms with van der Waals surface area (Å²) in [4.78, 5) is 48.7. The number of carbonyl (C=O) groups excluding carboxylic acids is 3. The molecule has 0 saturated carbocycles. The zero-order chi connectivity index (χ0) is 22.7. The van der Waals surface area contributed by atoms with Gasteiger partial charge >= 0.3 is 5.97 Å². The Bertz CT molecular complexity index is 565. The van der Waals surface area contributed by atoms with Crippen LogP contribution >= 0.6 is 0 Å². The smallest absolute Gasteiger partial charge is 0.326 e. The lowest BCUT2D eigenvalue weighted by Crippen LogP contribution is -2.58. The molecule has 8 N–H and O–H groups in total. The van der Waals surface area contributed by atoms with Crippen LogP contribution in [0, 0.1) is 11.8 Å². The number of hydrogen-bond donors (Lipinski definition) is 6. The zero-order valence-corrected chi connectivity index (χ0v) is 18.0. The first kappa shape index (κ1) is 26.8. The number of carbonyl (C=O) groups is 4. The fraction of sp³-hybridized carbons (Fsp3) is 0.789. The Morgan fingerprint density at radius 1 is 0.793 bits per heavy atom. The van der Waals surface area contributed by atoms with Gasteiger partial charge in [-0.1, -0.05) is 27.7 Å². The van der Waals surface area contributed by atoms with E-state index in [4.69, 9.17) is 11.5 Å². The molecule has 168 valence electrons. The summed E-state index contributed by atoms with van der Waals surface area (Å²) in [5.41, 5.74) is 11.1. The number of unbranched alkanes of at least 4 members (excludes halogenated alkanes) is 1. The minimum Gasteiger partial charge on any atom is -0.480 e. The molecule has 0 saturated heterocycles. The highest BCUT2D eigenvalue weighted by molar-refractivity contribution is 5.94. The van der Waals surface area contributed by atoms with E-state index in [0.717, 1.165) is 0 Å². The average Bonchev–Trinajstić information content (AvgIpc) is 2.61. The van der Waals surface area contributed by atoms with Gasteiger partial charge in [0.25, 0.3) is 0 Å². The lowest BCUT2D eigenvalue weighted by Gasteiger charge is -2.27. The van der Waals surface area contributed by atoms with Crippen molar-refractivity contribution >= 4 is 23.7 Å². The van der Waals surface area contributed by atoms with Gasteiger partial charge in [-0.05, 0) is 44.6 Å². The number of amides is 3. The molecule has 0 fully saturated rings. The topological polar surface area (TPSA) is 177 Å². The summed E-state index contributed by atoms with van der Waals surface area (Å²) in [5, 5.41) is 17.0. The van der Waals surface area contributed by atoms with E-state index in [2.05, 4.69) is 16.0 Å². The van der Waals surface area contributed by atoms with Gasteiger partial charge in [0.2, 0.25) is 17.7 Å². The summed E-state index contributed by atoms with van der Waals surface area (Å²) in [7, 11) is 0. The second-order valence-electron chi connectivity index (χ2n) is 7.93. The third kappa shape index (κ3) is 9.71. The maximum absolute atomic E-state index is 12.8. The molecule has 0 aliphatic heterocycles. The van der Waals surface area contributed by atoms with Crippen LogP contribution in [0.5, 0.6) is 0 Å². The molecule has 0 aromatic carbocycles. The molecule has 0 aromatic rings. The van der Waals surface area contributed by atoms with Crippen LogP contribution in [0.1, 0.15) is 53.9 Å². The largest absolute Gasteiger partial charge is 0.480 e. The number of nitrogens with two attached hydrogens (primary N) is 2. The summed E-state index contributed by atoms with van der Waals surface area (Å²) >= 11 is 0. The Balaban J connectivity index is 5.31. The zero-order valence-electron chi connectivity index (χ0n) is 18.0. The average molecular weight is 416 g/mol. The normalized spacial score (nSPS) is 15.3. The van der Waals surface area contributed by atoms with Crippen LogP contribution in [-0.2, 0) is 19.2 Å². The summed E-state index contributed by atoms with van der Waals surface area (Å²) < 4.78 is 0. The SMILES string of the molecule is CC(N)C(=O)NC(CCCCN)C(=O)NC(C(=O)NC(C(=O)O)C(C)C)C(C)C. The van der Waals surface area contributed by atoms with Crippen molar-refractivity contribution in [2.24, 2.45) is 23.3 Å². The van der Waals surface area contributed by atoms with Crippen molar-refractivity contribution in [2.75, 3.05) is 6.54 Å². The molecule has 0 aromatic heterocycles. The number of nitrogens with one attached hydrogen (secondary N) is 3. The summed E-state index contributed by atoms with van der Waals surface area (Å²) in [6.07, 6.45) is 1.64. The van der Waals surface area contributed by atoms with Gasteiger partial charge in [-0.2, -0.15) is 0 Å². The third-order valence-electron chi connectivity index (χ3n) is 4.47. The first-order valence-corrected chi connectivity index (χ1v) is 10.0. The van der Waals surface area contributed by atoms with Crippen LogP contribution in [0.15, 0.2) is 0 Å². The predicted molar refractivity (Wildman–Crippen MR) is 110 cm³/mol. The monoisotopic (exact) mass is 415 g/mol. The van der Waals surface area contributed by atoms with Crippen molar-refractivity contribution in [1.29, 1.82) is 0 Å². The molecule has 0 spiro atoms. The maximum atomic E-state index is 12.8. The van der Waals surface area contributed by atoms with Gasteiger partial charge in [-0.25, -0.2) is 4.79 Å². The molecule has 0 rings (SSSR count). The summed E-state index contributed by atoms with van der Waals surface area (Å²) in [5.74, 6) is -3.36. The van der Waals surface area contributed by atoms with Gasteiger partial charge in [-0.15, -0.1) is 0 Å². The second kappa shape index (κ2) is 13.1. The van der Waals surface area contributed by atoms with E-state index in [1.54, 1.807) is 27.7 Å². The lowest BCUT2D eigenvalue weighted by atomic mass is 9.99. The van der Waals surface area contributed by atoms with Crippen molar-refractivity contribution in [2.45, 2.75) is 78.0 Å². The number of aliphatic carboxylic acids is 1. The van der Waals surface area contributed by atoms with Crippen LogP contribution < -0.4 is 27.4 Å². The first-order chi connectivity index (χ1) is 13.4. The minimum atomic E-state index is -1.15. The summed E-state index contributed by atoms with van der Waals surface area (Å²) in [6.45, 7) is 8.79. The van der Waals surface area contributed by atoms with E-state index in [9.17, 15) is 24.3 Å². The second-order valence-corrected chi connectivity index (χ2v) is 7.93. The van der Waals surface area contributed by atoms with Gasteiger partial charge in [0.05, 0.1) is 6.04 Å². The van der Waals surface area contributed by atoms with Gasteiger partial charge in [0, 0.05) is 0 Å². The molecule has 4 atom stereocenters. The fourth-order valence-corrected chi connectivity index (χ4v) is 2.61. The van der Waals surface area contributed by atoms with Crippen LogP contribution in [-0.4, -0.2) is 59.5 Å². The van der Waals surface area contributed by atoms with E-state index in [1.807, 2.05) is 0 Å². The van der Waals surface area contributed by atoms with Crippen molar-refractivity contribution in [3.63, 3.8) is 0 Å². The maximum Gasteiger partial charge on any atom is 0.326 e. The molecule has 0 radical (unpaired) electrons. The van der Waals surface area contributed by atoms with E-state index in [0.29, 0.717) is 25.8 Å². The van der Waals surface area contributed by atoms with Gasteiger partial charge in [-0.3, -0.25) is 14.4 Å². The molecular weight excluding hydrogens is 378 g/mol. The molecule has 29 heavy (non-hydrogen) atoms. The van der Waals surface area contributed by atoms with Crippen LogP contribution in [0.2, 0.25) is 0 Å². The van der Waals surface area contributed by atoms with E-state index >= 15 is 0 Å². The number of carboxylic acids is 1. The molecule has 0 heterocycles. The first-order valence-electron chi connectivity index (χ1n) is 10.0. The van der Waals surface area contributed by atoms with Gasteiger partial charge in [0.15, 0.2) is 0 Å². The van der Waals surface area contributed by atoms with E-state index in [1.165, 1.54) is 6.92 Å².